The summed E-state index contributed by atoms with van der Waals surface area (Å²) in [6.45, 7) is 1.84. The number of carboxylic acids is 1. The fraction of sp³-hybridized carbons (Fsp3) is 0.0714. The molecule has 0 atom stereocenters. The first-order chi connectivity index (χ1) is 11.2. The number of fused-ring (bicyclic) bond motifs is 1. The molecule has 124 valence electrons. The predicted octanol–water partition coefficient (Wildman–Crippen LogP) is 2.93. The minimum atomic E-state index is -3.96. The van der Waals surface area contributed by atoms with E-state index >= 15 is 0 Å². The number of aryl methyl sites for hydroxylation is 1. The van der Waals surface area contributed by atoms with Gasteiger partial charge in [-0.2, -0.15) is 0 Å². The third kappa shape index (κ3) is 2.76. The van der Waals surface area contributed by atoms with Gasteiger partial charge in [0.25, 0.3) is 10.0 Å². The van der Waals surface area contributed by atoms with E-state index in [2.05, 4.69) is 9.97 Å². The molecule has 3 aromatic rings. The quantitative estimate of drug-likeness (QED) is 0.460. The summed E-state index contributed by atoms with van der Waals surface area (Å²) in [5, 5.41) is 9.22. The fourth-order valence-corrected chi connectivity index (χ4v) is 5.01. The van der Waals surface area contributed by atoms with Crippen LogP contribution in [0.1, 0.15) is 16.2 Å². The number of carboxylic acid groups (broad SMARTS) is 1. The zero-order valence-corrected chi connectivity index (χ0v) is 15.8. The third-order valence-corrected chi connectivity index (χ3v) is 6.41. The molecule has 0 amide bonds. The molecule has 1 N–H and O–H groups in total. The highest BCUT2D eigenvalue weighted by Gasteiger charge is 2.25. The summed E-state index contributed by atoms with van der Waals surface area (Å²) < 4.78 is 27.2. The van der Waals surface area contributed by atoms with E-state index in [1.54, 1.807) is 12.1 Å². The SMILES string of the molecule is Cc1ccc(S(=O)(=O)n2c(I)cc3c(Cl)nc(C(=O)O)nc32)cc1. The van der Waals surface area contributed by atoms with Gasteiger partial charge in [0.1, 0.15) is 5.15 Å². The van der Waals surface area contributed by atoms with Crippen molar-refractivity contribution in [3.05, 3.63) is 50.6 Å². The number of carbonyl (C=O) groups is 1. The summed E-state index contributed by atoms with van der Waals surface area (Å²) in [5.41, 5.74) is 0.844. The second-order valence-electron chi connectivity index (χ2n) is 4.93. The van der Waals surface area contributed by atoms with Crippen LogP contribution in [0.4, 0.5) is 0 Å². The van der Waals surface area contributed by atoms with Crippen LogP contribution >= 0.6 is 34.2 Å². The topological polar surface area (TPSA) is 102 Å². The molecule has 0 unspecified atom stereocenters. The lowest BCUT2D eigenvalue weighted by Crippen LogP contribution is -2.16. The van der Waals surface area contributed by atoms with E-state index in [0.717, 1.165) is 9.54 Å². The Morgan fingerprint density at radius 2 is 1.88 bits per heavy atom. The van der Waals surface area contributed by atoms with Crippen molar-refractivity contribution < 1.29 is 18.3 Å². The van der Waals surface area contributed by atoms with Crippen LogP contribution in [0.2, 0.25) is 5.15 Å². The van der Waals surface area contributed by atoms with E-state index in [0.29, 0.717) is 3.70 Å². The zero-order valence-electron chi connectivity index (χ0n) is 12.1. The van der Waals surface area contributed by atoms with E-state index in [4.69, 9.17) is 16.7 Å². The number of hydrogen-bond acceptors (Lipinski definition) is 5. The lowest BCUT2D eigenvalue weighted by Gasteiger charge is -2.09. The molecular formula is C14H9ClIN3O4S. The molecule has 2 aromatic heterocycles. The molecule has 0 aliphatic carbocycles. The standard InChI is InChI=1S/C14H9ClIN3O4S/c1-7-2-4-8(5-3-7)24(22,23)19-10(16)6-9-11(15)17-12(14(20)21)18-13(9)19/h2-6H,1H3,(H,20,21). The Labute approximate surface area is 155 Å². The Hall–Kier alpha value is -1.72. The predicted molar refractivity (Wildman–Crippen MR) is 96.0 cm³/mol. The Morgan fingerprint density at radius 1 is 1.25 bits per heavy atom. The summed E-state index contributed by atoms with van der Waals surface area (Å²) in [6, 6.07) is 7.81. The Morgan fingerprint density at radius 3 is 2.46 bits per heavy atom. The lowest BCUT2D eigenvalue weighted by molar-refractivity contribution is 0.0684. The van der Waals surface area contributed by atoms with Crippen LogP contribution in [-0.4, -0.2) is 33.4 Å². The van der Waals surface area contributed by atoms with Gasteiger partial charge in [0.05, 0.1) is 14.0 Å². The molecule has 0 bridgehead atoms. The largest absolute Gasteiger partial charge is 0.475 e. The van der Waals surface area contributed by atoms with Crippen molar-refractivity contribution in [2.75, 3.05) is 0 Å². The molecule has 7 nitrogen and oxygen atoms in total. The van der Waals surface area contributed by atoms with E-state index in [1.807, 2.05) is 29.5 Å². The first-order valence-corrected chi connectivity index (χ1v) is 9.41. The number of aromatic carboxylic acids is 1. The smallest absolute Gasteiger partial charge is 0.374 e. The van der Waals surface area contributed by atoms with Gasteiger partial charge >= 0.3 is 5.97 Å². The maximum absolute atomic E-state index is 12.9. The molecule has 2 heterocycles. The van der Waals surface area contributed by atoms with E-state index in [-0.39, 0.29) is 21.1 Å². The van der Waals surface area contributed by atoms with Gasteiger partial charge in [0, 0.05) is 0 Å². The highest BCUT2D eigenvalue weighted by molar-refractivity contribution is 14.1. The normalized spacial score (nSPS) is 11.8. The van der Waals surface area contributed by atoms with Crippen molar-refractivity contribution in [3.63, 3.8) is 0 Å². The molecule has 0 spiro atoms. The molecule has 3 rings (SSSR count). The third-order valence-electron chi connectivity index (χ3n) is 3.28. The molecule has 0 radical (unpaired) electrons. The minimum Gasteiger partial charge on any atom is -0.475 e. The molecule has 0 aliphatic heterocycles. The van der Waals surface area contributed by atoms with Crippen molar-refractivity contribution in [3.8, 4) is 0 Å². The van der Waals surface area contributed by atoms with E-state index in [1.165, 1.54) is 18.2 Å². The second-order valence-corrected chi connectivity index (χ2v) is 8.18. The number of rotatable bonds is 3. The number of nitrogens with zero attached hydrogens (tertiary/aromatic N) is 3. The van der Waals surface area contributed by atoms with Crippen LogP contribution < -0.4 is 0 Å². The van der Waals surface area contributed by atoms with Crippen LogP contribution in [0.3, 0.4) is 0 Å². The van der Waals surface area contributed by atoms with Gasteiger partial charge in [0.2, 0.25) is 5.82 Å². The minimum absolute atomic E-state index is 0.0649. The maximum Gasteiger partial charge on any atom is 0.374 e. The zero-order chi connectivity index (χ0) is 17.6. The number of hydrogen-bond donors (Lipinski definition) is 1. The van der Waals surface area contributed by atoms with Gasteiger partial charge in [-0.3, -0.25) is 0 Å². The van der Waals surface area contributed by atoms with Crippen molar-refractivity contribution in [1.82, 2.24) is 13.9 Å². The highest BCUT2D eigenvalue weighted by atomic mass is 127. The monoisotopic (exact) mass is 477 g/mol. The lowest BCUT2D eigenvalue weighted by atomic mass is 10.2. The maximum atomic E-state index is 12.9. The molecule has 0 aliphatic rings. The van der Waals surface area contributed by atoms with Gasteiger partial charge in [-0.25, -0.2) is 27.2 Å². The van der Waals surface area contributed by atoms with Crippen LogP contribution in [0.5, 0.6) is 0 Å². The Kier molecular flexibility index (Phi) is 4.26. The van der Waals surface area contributed by atoms with Crippen LogP contribution in [0, 0.1) is 10.6 Å². The number of halogens is 2. The molecular weight excluding hydrogens is 469 g/mol. The molecule has 0 fully saturated rings. The summed E-state index contributed by atoms with van der Waals surface area (Å²) in [5.74, 6) is -1.96. The second kappa shape index (κ2) is 5.97. The van der Waals surface area contributed by atoms with Crippen molar-refractivity contribution in [2.45, 2.75) is 11.8 Å². The summed E-state index contributed by atoms with van der Waals surface area (Å²) in [6.07, 6.45) is 0. The summed E-state index contributed by atoms with van der Waals surface area (Å²) >= 11 is 7.81. The van der Waals surface area contributed by atoms with Crippen molar-refractivity contribution in [2.24, 2.45) is 0 Å². The number of aromatic nitrogens is 3. The average molecular weight is 478 g/mol. The van der Waals surface area contributed by atoms with Crippen LogP contribution in [0.25, 0.3) is 11.0 Å². The van der Waals surface area contributed by atoms with Gasteiger partial charge in [-0.1, -0.05) is 29.3 Å². The van der Waals surface area contributed by atoms with E-state index < -0.39 is 21.8 Å². The van der Waals surface area contributed by atoms with Crippen LogP contribution in [-0.2, 0) is 10.0 Å². The first kappa shape index (κ1) is 17.1. The van der Waals surface area contributed by atoms with Crippen molar-refractivity contribution in [1.29, 1.82) is 0 Å². The first-order valence-electron chi connectivity index (χ1n) is 6.52. The fourth-order valence-electron chi connectivity index (χ4n) is 2.13. The van der Waals surface area contributed by atoms with Gasteiger partial charge in [-0.15, -0.1) is 0 Å². The summed E-state index contributed by atoms with van der Waals surface area (Å²) in [7, 11) is -3.96. The van der Waals surface area contributed by atoms with E-state index in [9.17, 15) is 13.2 Å². The average Bonchev–Trinajstić information content (AvgIpc) is 2.85. The Balaban J connectivity index is 2.35. The van der Waals surface area contributed by atoms with Gasteiger partial charge < -0.3 is 5.11 Å². The Bertz CT molecular complexity index is 1080. The van der Waals surface area contributed by atoms with Crippen LogP contribution in [0.15, 0.2) is 35.2 Å². The number of benzene rings is 1. The molecule has 1 aromatic carbocycles. The molecule has 10 heteroatoms. The molecule has 0 saturated carbocycles. The summed E-state index contributed by atoms with van der Waals surface area (Å²) in [4.78, 5) is 18.7. The molecule has 24 heavy (non-hydrogen) atoms. The van der Waals surface area contributed by atoms with Gasteiger partial charge in [-0.05, 0) is 47.7 Å². The van der Waals surface area contributed by atoms with Gasteiger partial charge in [0.15, 0.2) is 5.65 Å². The molecule has 0 saturated heterocycles. The van der Waals surface area contributed by atoms with Crippen molar-refractivity contribution >= 4 is 61.2 Å². The highest BCUT2D eigenvalue weighted by Crippen LogP contribution is 2.29.